The quantitative estimate of drug-likeness (QED) is 0.749. The minimum atomic E-state index is 0.218. The summed E-state index contributed by atoms with van der Waals surface area (Å²) in [5, 5.41) is 4.34. The Hall–Kier alpha value is -1.90. The van der Waals surface area contributed by atoms with Gasteiger partial charge in [0, 0.05) is 6.42 Å². The number of fused-ring (bicyclic) bond motifs is 1. The first-order chi connectivity index (χ1) is 8.15. The molecule has 3 rings (SSSR count). The lowest BCUT2D eigenvalue weighted by Crippen LogP contribution is -2.01. The summed E-state index contributed by atoms with van der Waals surface area (Å²) < 4.78 is 1.90. The van der Waals surface area contributed by atoms with Gasteiger partial charge in [0.2, 0.25) is 0 Å². The molecule has 17 heavy (non-hydrogen) atoms. The van der Waals surface area contributed by atoms with E-state index in [4.69, 9.17) is 0 Å². The van der Waals surface area contributed by atoms with Crippen molar-refractivity contribution in [1.82, 2.24) is 9.78 Å². The van der Waals surface area contributed by atoms with Crippen molar-refractivity contribution in [3.05, 3.63) is 46.8 Å². The molecule has 0 saturated carbocycles. The Labute approximate surface area is 100 Å². The highest BCUT2D eigenvalue weighted by molar-refractivity contribution is 5.99. The molecule has 0 unspecified atom stereocenters. The first-order valence-electron chi connectivity index (χ1n) is 5.84. The largest absolute Gasteiger partial charge is 0.294 e. The first kappa shape index (κ1) is 10.3. The number of hydrogen-bond donors (Lipinski definition) is 0. The number of carbonyl (C=O) groups excluding carboxylic acids is 1. The summed E-state index contributed by atoms with van der Waals surface area (Å²) >= 11 is 0. The third kappa shape index (κ3) is 1.58. The highest BCUT2D eigenvalue weighted by Crippen LogP contribution is 2.25. The average molecular weight is 226 g/mol. The molecule has 0 bridgehead atoms. The number of benzene rings is 1. The predicted octanol–water partition coefficient (Wildman–Crippen LogP) is 2.62. The summed E-state index contributed by atoms with van der Waals surface area (Å²) in [7, 11) is 0. The Morgan fingerprint density at radius 2 is 1.82 bits per heavy atom. The molecule has 0 aliphatic heterocycles. The Kier molecular flexibility index (Phi) is 2.15. The predicted molar refractivity (Wildman–Crippen MR) is 65.7 cm³/mol. The Balaban J connectivity index is 2.16. The normalized spacial score (nSPS) is 14.1. The molecule has 0 N–H and O–H groups in total. The Bertz CT molecular complexity index is 590. The van der Waals surface area contributed by atoms with Gasteiger partial charge in [-0.3, -0.25) is 4.79 Å². The van der Waals surface area contributed by atoms with Crippen LogP contribution in [0.1, 0.15) is 33.6 Å². The summed E-state index contributed by atoms with van der Waals surface area (Å²) in [6.07, 6.45) is 3.13. The highest BCUT2D eigenvalue weighted by Gasteiger charge is 2.24. The second kappa shape index (κ2) is 3.55. The lowest BCUT2D eigenvalue weighted by Gasteiger charge is -2.07. The maximum Gasteiger partial charge on any atom is 0.166 e. The Morgan fingerprint density at radius 3 is 2.53 bits per heavy atom. The topological polar surface area (TPSA) is 34.9 Å². The van der Waals surface area contributed by atoms with Gasteiger partial charge >= 0.3 is 0 Å². The summed E-state index contributed by atoms with van der Waals surface area (Å²) in [4.78, 5) is 11.6. The fraction of sp³-hybridized carbons (Fsp3) is 0.286. The zero-order valence-electron chi connectivity index (χ0n) is 10.0. The van der Waals surface area contributed by atoms with E-state index in [9.17, 15) is 4.79 Å². The van der Waals surface area contributed by atoms with Crippen LogP contribution in [0.4, 0.5) is 0 Å². The molecule has 1 aliphatic rings. The molecular weight excluding hydrogens is 212 g/mol. The van der Waals surface area contributed by atoms with Crippen molar-refractivity contribution in [2.45, 2.75) is 26.7 Å². The zero-order valence-corrected chi connectivity index (χ0v) is 10.0. The number of aromatic nitrogens is 2. The van der Waals surface area contributed by atoms with Gasteiger partial charge in [-0.05, 0) is 43.5 Å². The van der Waals surface area contributed by atoms with Crippen LogP contribution in [0, 0.1) is 13.8 Å². The maximum atomic E-state index is 11.6. The molecule has 3 nitrogen and oxygen atoms in total. The van der Waals surface area contributed by atoms with Crippen LogP contribution in [0.5, 0.6) is 0 Å². The van der Waals surface area contributed by atoms with E-state index in [0.717, 1.165) is 23.4 Å². The number of nitrogens with zero attached hydrogens (tertiary/aromatic N) is 2. The number of rotatable bonds is 1. The molecule has 3 heteroatoms. The van der Waals surface area contributed by atoms with Crippen molar-refractivity contribution >= 4 is 5.78 Å². The van der Waals surface area contributed by atoms with Crippen LogP contribution in [0.3, 0.4) is 0 Å². The van der Waals surface area contributed by atoms with Crippen LogP contribution in [0.2, 0.25) is 0 Å². The van der Waals surface area contributed by atoms with Crippen molar-refractivity contribution < 1.29 is 4.79 Å². The van der Waals surface area contributed by atoms with E-state index >= 15 is 0 Å². The van der Waals surface area contributed by atoms with E-state index in [0.29, 0.717) is 6.42 Å². The van der Waals surface area contributed by atoms with Gasteiger partial charge in [0.05, 0.1) is 23.1 Å². The fourth-order valence-corrected chi connectivity index (χ4v) is 2.51. The van der Waals surface area contributed by atoms with Crippen molar-refractivity contribution in [2.24, 2.45) is 0 Å². The number of aryl methyl sites for hydroxylation is 2. The highest BCUT2D eigenvalue weighted by atomic mass is 16.1. The van der Waals surface area contributed by atoms with Crippen LogP contribution < -0.4 is 0 Å². The van der Waals surface area contributed by atoms with Crippen molar-refractivity contribution in [3.63, 3.8) is 0 Å². The van der Waals surface area contributed by atoms with Gasteiger partial charge in [-0.25, -0.2) is 4.68 Å². The molecule has 0 fully saturated rings. The summed E-state index contributed by atoms with van der Waals surface area (Å²) in [6.45, 7) is 4.15. The minimum absolute atomic E-state index is 0.218. The number of ketones is 1. The standard InChI is InChI=1S/C14H14N2O/c1-9-5-10(2)7-11(6-9)16-13-3-4-14(17)12(13)8-15-16/h5-8H,3-4H2,1-2H3. The second-order valence-electron chi connectivity index (χ2n) is 4.69. The summed E-state index contributed by atoms with van der Waals surface area (Å²) in [5.41, 5.74) is 5.34. The van der Waals surface area contributed by atoms with Gasteiger partial charge in [-0.1, -0.05) is 6.07 Å². The number of Topliss-reactive ketones (excluding diaryl/α,β-unsaturated/α-hetero) is 1. The van der Waals surface area contributed by atoms with Crippen molar-refractivity contribution in [1.29, 1.82) is 0 Å². The molecule has 0 amide bonds. The lowest BCUT2D eigenvalue weighted by molar-refractivity contribution is 0.0994. The zero-order chi connectivity index (χ0) is 12.0. The van der Waals surface area contributed by atoms with Gasteiger partial charge in [-0.2, -0.15) is 5.10 Å². The third-order valence-corrected chi connectivity index (χ3v) is 3.21. The first-order valence-corrected chi connectivity index (χ1v) is 5.84. The molecule has 86 valence electrons. The summed E-state index contributed by atoms with van der Waals surface area (Å²) in [5.74, 6) is 0.218. The fourth-order valence-electron chi connectivity index (χ4n) is 2.51. The van der Waals surface area contributed by atoms with Crippen LogP contribution in [-0.4, -0.2) is 15.6 Å². The van der Waals surface area contributed by atoms with Gasteiger partial charge in [-0.15, -0.1) is 0 Å². The monoisotopic (exact) mass is 226 g/mol. The van der Waals surface area contributed by atoms with Gasteiger partial charge < -0.3 is 0 Å². The van der Waals surface area contributed by atoms with Crippen molar-refractivity contribution in [3.8, 4) is 5.69 Å². The van der Waals surface area contributed by atoms with Gasteiger partial charge in [0.1, 0.15) is 0 Å². The van der Waals surface area contributed by atoms with Crippen LogP contribution in [0.25, 0.3) is 5.69 Å². The SMILES string of the molecule is Cc1cc(C)cc(-n2ncc3c2CCC3=O)c1. The van der Waals surface area contributed by atoms with E-state index in [2.05, 4.69) is 37.1 Å². The number of carbonyl (C=O) groups is 1. The Morgan fingerprint density at radius 1 is 1.12 bits per heavy atom. The third-order valence-electron chi connectivity index (χ3n) is 3.21. The molecule has 0 atom stereocenters. The van der Waals surface area contributed by atoms with Crippen LogP contribution in [-0.2, 0) is 6.42 Å². The molecule has 1 aliphatic carbocycles. The lowest BCUT2D eigenvalue weighted by atomic mass is 10.1. The molecule has 0 saturated heterocycles. The molecular formula is C14H14N2O. The molecule has 0 spiro atoms. The van der Waals surface area contributed by atoms with Gasteiger partial charge in [0.25, 0.3) is 0 Å². The molecule has 1 aromatic carbocycles. The van der Waals surface area contributed by atoms with E-state index in [1.54, 1.807) is 6.20 Å². The van der Waals surface area contributed by atoms with Crippen LogP contribution in [0.15, 0.2) is 24.4 Å². The van der Waals surface area contributed by atoms with E-state index < -0.39 is 0 Å². The van der Waals surface area contributed by atoms with E-state index in [-0.39, 0.29) is 5.78 Å². The molecule has 1 heterocycles. The van der Waals surface area contributed by atoms with E-state index in [1.807, 2.05) is 4.68 Å². The molecule has 1 aromatic heterocycles. The second-order valence-corrected chi connectivity index (χ2v) is 4.69. The maximum absolute atomic E-state index is 11.6. The molecule has 2 aromatic rings. The van der Waals surface area contributed by atoms with Crippen LogP contribution >= 0.6 is 0 Å². The minimum Gasteiger partial charge on any atom is -0.294 e. The number of hydrogen-bond acceptors (Lipinski definition) is 2. The summed E-state index contributed by atoms with van der Waals surface area (Å²) in [6, 6.07) is 6.34. The smallest absolute Gasteiger partial charge is 0.166 e. The molecule has 0 radical (unpaired) electrons. The van der Waals surface area contributed by atoms with E-state index in [1.165, 1.54) is 11.1 Å². The van der Waals surface area contributed by atoms with Gasteiger partial charge in [0.15, 0.2) is 5.78 Å². The average Bonchev–Trinajstić information content (AvgIpc) is 2.80. The van der Waals surface area contributed by atoms with Crippen molar-refractivity contribution in [2.75, 3.05) is 0 Å².